The highest BCUT2D eigenvalue weighted by Gasteiger charge is 2.41. The quantitative estimate of drug-likeness (QED) is 0.197. The molecule has 1 N–H and O–H groups in total. The second-order valence-electron chi connectivity index (χ2n) is 12.0. The molecule has 1 unspecified atom stereocenters. The Balaban J connectivity index is 1.11. The van der Waals surface area contributed by atoms with Crippen molar-refractivity contribution in [2.24, 2.45) is 0 Å². The molecule has 0 saturated carbocycles. The van der Waals surface area contributed by atoms with E-state index >= 15 is 0 Å². The summed E-state index contributed by atoms with van der Waals surface area (Å²) in [5.41, 5.74) is 6.24. The Kier molecular flexibility index (Phi) is 8.00. The fourth-order valence-corrected chi connectivity index (χ4v) is 5.70. The molecule has 46 heavy (non-hydrogen) atoms. The summed E-state index contributed by atoms with van der Waals surface area (Å²) in [4.78, 5) is 32.2. The van der Waals surface area contributed by atoms with Gasteiger partial charge in [-0.1, -0.05) is 50.2 Å². The zero-order valence-electron chi connectivity index (χ0n) is 25.7. The Morgan fingerprint density at radius 3 is 2.48 bits per heavy atom. The molecule has 6 rings (SSSR count). The zero-order chi connectivity index (χ0) is 32.4. The second kappa shape index (κ2) is 12.2. The zero-order valence-corrected chi connectivity index (χ0v) is 25.7. The van der Waals surface area contributed by atoms with Crippen LogP contribution in [-0.4, -0.2) is 40.6 Å². The first-order valence-corrected chi connectivity index (χ1v) is 15.0. The van der Waals surface area contributed by atoms with E-state index in [0.717, 1.165) is 22.3 Å². The van der Waals surface area contributed by atoms with Gasteiger partial charge < -0.3 is 14.5 Å². The molecular weight excluding hydrogens is 578 g/mol. The van der Waals surface area contributed by atoms with Gasteiger partial charge in [-0.15, -0.1) is 0 Å². The first kappa shape index (κ1) is 30.1. The number of nitriles is 2. The van der Waals surface area contributed by atoms with Crippen molar-refractivity contribution in [3.05, 3.63) is 113 Å². The molecule has 1 aliphatic rings. The molecule has 0 radical (unpaired) electrons. The summed E-state index contributed by atoms with van der Waals surface area (Å²) in [6.07, 6.45) is -0.456. The van der Waals surface area contributed by atoms with Gasteiger partial charge in [-0.25, -0.2) is 9.78 Å². The smallest absolute Gasteiger partial charge is 0.410 e. The van der Waals surface area contributed by atoms with E-state index in [-0.39, 0.29) is 18.4 Å². The van der Waals surface area contributed by atoms with Crippen LogP contribution in [0, 0.1) is 22.7 Å². The van der Waals surface area contributed by atoms with Crippen molar-refractivity contribution in [2.45, 2.75) is 38.8 Å². The van der Waals surface area contributed by atoms with E-state index in [0.29, 0.717) is 52.3 Å². The normalized spacial score (nSPS) is 15.9. The molecule has 0 bridgehead atoms. The summed E-state index contributed by atoms with van der Waals surface area (Å²) in [5, 5.41) is 21.6. The fraction of sp³-hybridized carbons (Fsp3) is 0.216. The van der Waals surface area contributed by atoms with Crippen LogP contribution in [0.4, 0.5) is 4.79 Å². The minimum Gasteiger partial charge on any atom is -0.439 e. The van der Waals surface area contributed by atoms with Crippen LogP contribution in [0.2, 0.25) is 0 Å². The number of benzene rings is 4. The van der Waals surface area contributed by atoms with E-state index in [4.69, 9.17) is 9.15 Å². The highest BCUT2D eigenvalue weighted by atomic mass is 16.6. The van der Waals surface area contributed by atoms with E-state index in [1.807, 2.05) is 62.4 Å². The van der Waals surface area contributed by atoms with Crippen LogP contribution in [0.5, 0.6) is 0 Å². The standard InChI is InChI=1S/C37H31N5O4/c1-23(2)31-16-25(19-39)17-32-33(31)45-35(41-32)27-13-11-26(12-14-27)34(43)40-21-37(3)22-42(36(44)46-37)20-29-8-4-5-10-30(29)28-9-6-7-24(15-28)18-38/h4-17,23H,20-22H2,1-3H3,(H,40,43). The number of fused-ring (bicyclic) bond motifs is 1. The van der Waals surface area contributed by atoms with Crippen LogP contribution < -0.4 is 5.32 Å². The number of ether oxygens (including phenoxy) is 1. The predicted octanol–water partition coefficient (Wildman–Crippen LogP) is 7.17. The first-order chi connectivity index (χ1) is 22.2. The molecule has 9 heteroatoms. The molecule has 1 saturated heterocycles. The molecule has 1 fully saturated rings. The van der Waals surface area contributed by atoms with Crippen LogP contribution in [0.1, 0.15) is 59.3 Å². The maximum atomic E-state index is 13.1. The van der Waals surface area contributed by atoms with Gasteiger partial charge in [0, 0.05) is 23.2 Å². The Labute approximate surface area is 266 Å². The van der Waals surface area contributed by atoms with Crippen molar-refractivity contribution in [1.82, 2.24) is 15.2 Å². The number of hydrogen-bond acceptors (Lipinski definition) is 7. The lowest BCUT2D eigenvalue weighted by molar-refractivity contribution is 0.0651. The van der Waals surface area contributed by atoms with E-state index < -0.39 is 11.7 Å². The fourth-order valence-electron chi connectivity index (χ4n) is 5.70. The number of nitrogens with zero attached hydrogens (tertiary/aromatic N) is 4. The Hall–Kier alpha value is -5.93. The van der Waals surface area contributed by atoms with Gasteiger partial charge in [0.1, 0.15) is 11.1 Å². The number of aromatic nitrogens is 1. The van der Waals surface area contributed by atoms with Gasteiger partial charge in [0.05, 0.1) is 36.4 Å². The van der Waals surface area contributed by atoms with E-state index in [1.54, 1.807) is 48.2 Å². The molecule has 1 aliphatic heterocycles. The minimum absolute atomic E-state index is 0.131. The van der Waals surface area contributed by atoms with Crippen LogP contribution >= 0.6 is 0 Å². The first-order valence-electron chi connectivity index (χ1n) is 15.0. The minimum atomic E-state index is -0.920. The average Bonchev–Trinajstić information content (AvgIpc) is 3.63. The van der Waals surface area contributed by atoms with Crippen molar-refractivity contribution < 1.29 is 18.7 Å². The molecular formula is C37H31N5O4. The monoisotopic (exact) mass is 609 g/mol. The van der Waals surface area contributed by atoms with Crippen LogP contribution in [-0.2, 0) is 11.3 Å². The average molecular weight is 610 g/mol. The molecule has 0 aliphatic carbocycles. The lowest BCUT2D eigenvalue weighted by Gasteiger charge is -2.22. The van der Waals surface area contributed by atoms with Crippen LogP contribution in [0.25, 0.3) is 33.7 Å². The molecule has 4 aromatic carbocycles. The van der Waals surface area contributed by atoms with Gasteiger partial charge in [-0.2, -0.15) is 10.5 Å². The molecule has 1 aromatic heterocycles. The molecule has 2 heterocycles. The van der Waals surface area contributed by atoms with Crippen LogP contribution in [0.15, 0.2) is 89.3 Å². The number of nitrogens with one attached hydrogen (secondary N) is 1. The molecule has 228 valence electrons. The third-order valence-electron chi connectivity index (χ3n) is 8.09. The largest absolute Gasteiger partial charge is 0.439 e. The lowest BCUT2D eigenvalue weighted by atomic mass is 9.97. The van der Waals surface area contributed by atoms with Gasteiger partial charge in [0.2, 0.25) is 5.89 Å². The third kappa shape index (κ3) is 6.04. The Morgan fingerprint density at radius 1 is 0.978 bits per heavy atom. The number of cyclic esters (lactones) is 1. The molecule has 2 amide bonds. The molecule has 5 aromatic rings. The highest BCUT2D eigenvalue weighted by Crippen LogP contribution is 2.32. The van der Waals surface area contributed by atoms with Gasteiger partial charge in [-0.3, -0.25) is 9.69 Å². The summed E-state index contributed by atoms with van der Waals surface area (Å²) < 4.78 is 11.8. The number of hydrogen-bond donors (Lipinski definition) is 1. The van der Waals surface area contributed by atoms with Crippen molar-refractivity contribution in [2.75, 3.05) is 13.1 Å². The van der Waals surface area contributed by atoms with E-state index in [1.165, 1.54) is 0 Å². The number of rotatable bonds is 8. The topological polar surface area (TPSA) is 132 Å². The van der Waals surface area contributed by atoms with E-state index in [9.17, 15) is 20.1 Å². The van der Waals surface area contributed by atoms with Gasteiger partial charge in [-0.05, 0) is 78.1 Å². The molecule has 1 atom stereocenters. The number of amides is 2. The number of carbonyl (C=O) groups excluding carboxylic acids is 2. The van der Waals surface area contributed by atoms with E-state index in [2.05, 4.69) is 22.4 Å². The number of oxazole rings is 1. The maximum absolute atomic E-state index is 13.1. The van der Waals surface area contributed by atoms with Gasteiger partial charge in [0.15, 0.2) is 5.58 Å². The van der Waals surface area contributed by atoms with Crippen molar-refractivity contribution in [3.8, 4) is 34.7 Å². The molecule has 0 spiro atoms. The summed E-state index contributed by atoms with van der Waals surface area (Å²) >= 11 is 0. The van der Waals surface area contributed by atoms with Gasteiger partial charge in [0.25, 0.3) is 5.91 Å². The summed E-state index contributed by atoms with van der Waals surface area (Å²) in [6, 6.07) is 29.9. The predicted molar refractivity (Wildman–Crippen MR) is 172 cm³/mol. The summed E-state index contributed by atoms with van der Waals surface area (Å²) in [5.74, 6) is 0.256. The maximum Gasteiger partial charge on any atom is 0.410 e. The second-order valence-corrected chi connectivity index (χ2v) is 12.0. The lowest BCUT2D eigenvalue weighted by Crippen LogP contribution is -2.43. The summed E-state index contributed by atoms with van der Waals surface area (Å²) in [6.45, 7) is 6.62. The Bertz CT molecular complexity index is 2050. The summed E-state index contributed by atoms with van der Waals surface area (Å²) in [7, 11) is 0. The SMILES string of the molecule is CC(C)c1cc(C#N)cc2nc(-c3ccc(C(=O)NCC4(C)CN(Cc5ccccc5-c5cccc(C#N)c5)C(=O)O4)cc3)oc12. The van der Waals surface area contributed by atoms with Crippen molar-refractivity contribution in [3.63, 3.8) is 0 Å². The van der Waals surface area contributed by atoms with Gasteiger partial charge >= 0.3 is 6.09 Å². The highest BCUT2D eigenvalue weighted by molar-refractivity contribution is 5.94. The third-order valence-corrected chi connectivity index (χ3v) is 8.09. The molecule has 9 nitrogen and oxygen atoms in total. The Morgan fingerprint density at radius 2 is 1.74 bits per heavy atom. The van der Waals surface area contributed by atoms with Crippen LogP contribution in [0.3, 0.4) is 0 Å². The van der Waals surface area contributed by atoms with Crippen molar-refractivity contribution >= 4 is 23.1 Å². The van der Waals surface area contributed by atoms with Crippen molar-refractivity contribution in [1.29, 1.82) is 10.5 Å². The number of carbonyl (C=O) groups is 2.